The van der Waals surface area contributed by atoms with Crippen molar-refractivity contribution >= 4 is 22.6 Å². The standard InChI is InChI=1S/C25H23N3O3/c29-25(22-10-5-17-30-22)28-15-13-27(14-16-28)23-12-11-20-8-4-9-21(24(20)26-23)31-18-19-6-2-1-3-7-19/h1-12,17H,13-16,18H2. The lowest BCUT2D eigenvalue weighted by atomic mass is 10.2. The molecule has 1 saturated heterocycles. The second kappa shape index (κ2) is 8.52. The van der Waals surface area contributed by atoms with E-state index in [1.54, 1.807) is 12.1 Å². The van der Waals surface area contributed by atoms with Crippen molar-refractivity contribution in [2.24, 2.45) is 0 Å². The van der Waals surface area contributed by atoms with Crippen LogP contribution in [0.2, 0.25) is 0 Å². The van der Waals surface area contributed by atoms with E-state index in [1.165, 1.54) is 6.26 Å². The average molecular weight is 413 g/mol. The first-order valence-electron chi connectivity index (χ1n) is 10.4. The molecule has 156 valence electrons. The van der Waals surface area contributed by atoms with E-state index in [-0.39, 0.29) is 5.91 Å². The summed E-state index contributed by atoms with van der Waals surface area (Å²) in [5.74, 6) is 1.99. The van der Waals surface area contributed by atoms with Crippen molar-refractivity contribution in [1.29, 1.82) is 0 Å². The highest BCUT2D eigenvalue weighted by molar-refractivity contribution is 5.91. The Hall–Kier alpha value is -3.80. The van der Waals surface area contributed by atoms with Crippen molar-refractivity contribution in [3.05, 3.63) is 90.4 Å². The Balaban J connectivity index is 1.31. The Morgan fingerprint density at radius 2 is 1.74 bits per heavy atom. The van der Waals surface area contributed by atoms with E-state index in [1.807, 2.05) is 59.5 Å². The second-order valence-electron chi connectivity index (χ2n) is 7.53. The van der Waals surface area contributed by atoms with Crippen LogP contribution in [-0.2, 0) is 6.61 Å². The highest BCUT2D eigenvalue weighted by Gasteiger charge is 2.24. The Labute approximate surface area is 180 Å². The van der Waals surface area contributed by atoms with Gasteiger partial charge < -0.3 is 19.0 Å². The van der Waals surface area contributed by atoms with Gasteiger partial charge in [0.2, 0.25) is 0 Å². The van der Waals surface area contributed by atoms with Crippen LogP contribution in [0.3, 0.4) is 0 Å². The molecule has 0 saturated carbocycles. The number of benzene rings is 2. The highest BCUT2D eigenvalue weighted by Crippen LogP contribution is 2.27. The number of ether oxygens (including phenoxy) is 1. The number of fused-ring (bicyclic) bond motifs is 1. The minimum atomic E-state index is -0.0623. The summed E-state index contributed by atoms with van der Waals surface area (Å²) < 4.78 is 11.3. The number of hydrogen-bond acceptors (Lipinski definition) is 5. The fourth-order valence-corrected chi connectivity index (χ4v) is 3.83. The Morgan fingerprint density at radius 1 is 0.903 bits per heavy atom. The van der Waals surface area contributed by atoms with Gasteiger partial charge in [-0.05, 0) is 35.9 Å². The topological polar surface area (TPSA) is 58.8 Å². The molecule has 1 aliphatic heterocycles. The fourth-order valence-electron chi connectivity index (χ4n) is 3.83. The maximum Gasteiger partial charge on any atom is 0.289 e. The quantitative estimate of drug-likeness (QED) is 0.486. The molecule has 1 aliphatic rings. The lowest BCUT2D eigenvalue weighted by molar-refractivity contribution is 0.0714. The van der Waals surface area contributed by atoms with Gasteiger partial charge in [0.15, 0.2) is 5.76 Å². The van der Waals surface area contributed by atoms with E-state index in [2.05, 4.69) is 11.0 Å². The number of anilines is 1. The zero-order valence-electron chi connectivity index (χ0n) is 17.1. The maximum atomic E-state index is 12.5. The molecule has 1 fully saturated rings. The number of carbonyl (C=O) groups is 1. The van der Waals surface area contributed by atoms with Gasteiger partial charge in [0.05, 0.1) is 6.26 Å². The lowest BCUT2D eigenvalue weighted by Crippen LogP contribution is -2.49. The van der Waals surface area contributed by atoms with E-state index in [0.717, 1.165) is 41.1 Å². The molecule has 0 atom stereocenters. The molecule has 0 bridgehead atoms. The fraction of sp³-hybridized carbons (Fsp3) is 0.200. The predicted molar refractivity (Wildman–Crippen MR) is 119 cm³/mol. The second-order valence-corrected chi connectivity index (χ2v) is 7.53. The largest absolute Gasteiger partial charge is 0.487 e. The third-order valence-corrected chi connectivity index (χ3v) is 5.53. The van der Waals surface area contributed by atoms with Gasteiger partial charge >= 0.3 is 0 Å². The van der Waals surface area contributed by atoms with Crippen molar-refractivity contribution in [3.63, 3.8) is 0 Å². The van der Waals surface area contributed by atoms with Crippen molar-refractivity contribution in [2.75, 3.05) is 31.1 Å². The average Bonchev–Trinajstić information content (AvgIpc) is 3.38. The normalized spacial score (nSPS) is 14.1. The van der Waals surface area contributed by atoms with Gasteiger partial charge in [0.1, 0.15) is 23.7 Å². The predicted octanol–water partition coefficient (Wildman–Crippen LogP) is 4.37. The molecule has 2 aromatic carbocycles. The summed E-state index contributed by atoms with van der Waals surface area (Å²) >= 11 is 0. The third kappa shape index (κ3) is 4.10. The van der Waals surface area contributed by atoms with Crippen molar-refractivity contribution < 1.29 is 13.9 Å². The third-order valence-electron chi connectivity index (χ3n) is 5.53. The van der Waals surface area contributed by atoms with Crippen LogP contribution in [0.5, 0.6) is 5.75 Å². The number of piperazine rings is 1. The van der Waals surface area contributed by atoms with Gasteiger partial charge in [-0.3, -0.25) is 4.79 Å². The van der Waals surface area contributed by atoms with Gasteiger partial charge in [-0.25, -0.2) is 4.98 Å². The van der Waals surface area contributed by atoms with Gasteiger partial charge in [0, 0.05) is 31.6 Å². The smallest absolute Gasteiger partial charge is 0.289 e. The summed E-state index contributed by atoms with van der Waals surface area (Å²) in [6.07, 6.45) is 1.53. The number of furan rings is 1. The molecule has 0 N–H and O–H groups in total. The molecule has 3 heterocycles. The zero-order valence-corrected chi connectivity index (χ0v) is 17.1. The van der Waals surface area contributed by atoms with Crippen LogP contribution < -0.4 is 9.64 Å². The molecule has 0 aliphatic carbocycles. The summed E-state index contributed by atoms with van der Waals surface area (Å²) in [6, 6.07) is 23.7. The molecule has 6 heteroatoms. The number of hydrogen-bond donors (Lipinski definition) is 0. The number of para-hydroxylation sites is 1. The maximum absolute atomic E-state index is 12.5. The summed E-state index contributed by atoms with van der Waals surface area (Å²) in [5.41, 5.74) is 1.97. The first-order valence-corrected chi connectivity index (χ1v) is 10.4. The molecule has 0 spiro atoms. The number of pyridine rings is 1. The van der Waals surface area contributed by atoms with E-state index < -0.39 is 0 Å². The number of rotatable bonds is 5. The van der Waals surface area contributed by atoms with Crippen LogP contribution in [0.4, 0.5) is 5.82 Å². The van der Waals surface area contributed by atoms with Crippen molar-refractivity contribution in [2.45, 2.75) is 6.61 Å². The minimum Gasteiger partial charge on any atom is -0.487 e. The Morgan fingerprint density at radius 3 is 2.52 bits per heavy atom. The van der Waals surface area contributed by atoms with Gasteiger partial charge in [-0.15, -0.1) is 0 Å². The van der Waals surface area contributed by atoms with Gasteiger partial charge in [-0.1, -0.05) is 42.5 Å². The molecule has 0 radical (unpaired) electrons. The number of carbonyl (C=O) groups excluding carboxylic acids is 1. The summed E-state index contributed by atoms with van der Waals surface area (Å²) in [7, 11) is 0. The summed E-state index contributed by atoms with van der Waals surface area (Å²) in [4.78, 5) is 21.4. The SMILES string of the molecule is O=C(c1ccco1)N1CCN(c2ccc3cccc(OCc4ccccc4)c3n2)CC1. The van der Waals surface area contributed by atoms with Crippen LogP contribution in [-0.4, -0.2) is 42.0 Å². The van der Waals surface area contributed by atoms with Gasteiger partial charge in [0.25, 0.3) is 5.91 Å². The van der Waals surface area contributed by atoms with Crippen LogP contribution in [0.25, 0.3) is 10.9 Å². The molecular formula is C25H23N3O3. The lowest BCUT2D eigenvalue weighted by Gasteiger charge is -2.35. The summed E-state index contributed by atoms with van der Waals surface area (Å²) in [6.45, 7) is 3.20. The zero-order chi connectivity index (χ0) is 21.0. The highest BCUT2D eigenvalue weighted by atomic mass is 16.5. The van der Waals surface area contributed by atoms with Crippen molar-refractivity contribution in [3.8, 4) is 5.75 Å². The van der Waals surface area contributed by atoms with E-state index in [4.69, 9.17) is 14.1 Å². The molecule has 31 heavy (non-hydrogen) atoms. The number of aromatic nitrogens is 1. The molecule has 5 rings (SSSR count). The Kier molecular flexibility index (Phi) is 5.27. The molecule has 1 amide bonds. The van der Waals surface area contributed by atoms with E-state index >= 15 is 0 Å². The van der Waals surface area contributed by atoms with Crippen LogP contribution >= 0.6 is 0 Å². The number of nitrogens with zero attached hydrogens (tertiary/aromatic N) is 3. The first kappa shape index (κ1) is 19.2. The molecule has 0 unspecified atom stereocenters. The minimum absolute atomic E-state index is 0.0623. The molecule has 6 nitrogen and oxygen atoms in total. The van der Waals surface area contributed by atoms with Gasteiger partial charge in [-0.2, -0.15) is 0 Å². The molecule has 2 aromatic heterocycles. The summed E-state index contributed by atoms with van der Waals surface area (Å²) in [5, 5.41) is 1.04. The van der Waals surface area contributed by atoms with E-state index in [9.17, 15) is 4.79 Å². The molecular weight excluding hydrogens is 390 g/mol. The first-order chi connectivity index (χ1) is 15.3. The van der Waals surface area contributed by atoms with Crippen LogP contribution in [0.15, 0.2) is 83.5 Å². The monoisotopic (exact) mass is 413 g/mol. The molecule has 4 aromatic rings. The Bertz CT molecular complexity index is 1170. The van der Waals surface area contributed by atoms with Crippen LogP contribution in [0, 0.1) is 0 Å². The number of amides is 1. The van der Waals surface area contributed by atoms with E-state index in [0.29, 0.717) is 25.5 Å². The van der Waals surface area contributed by atoms with Crippen molar-refractivity contribution in [1.82, 2.24) is 9.88 Å². The van der Waals surface area contributed by atoms with Crippen LogP contribution in [0.1, 0.15) is 16.1 Å².